The van der Waals surface area contributed by atoms with E-state index in [1.54, 1.807) is 12.1 Å². The average molecular weight is 304 g/mol. The predicted molar refractivity (Wildman–Crippen MR) is 82.4 cm³/mol. The Hall–Kier alpha value is -0.840. The number of thiocarbonyl (C=S) groups is 1. The van der Waals surface area contributed by atoms with E-state index in [0.717, 1.165) is 11.3 Å². The van der Waals surface area contributed by atoms with Gasteiger partial charge in [0, 0.05) is 5.41 Å². The second kappa shape index (κ2) is 5.87. The van der Waals surface area contributed by atoms with Gasteiger partial charge in [-0.2, -0.15) is 5.10 Å². The van der Waals surface area contributed by atoms with Gasteiger partial charge in [-0.05, 0) is 29.9 Å². The van der Waals surface area contributed by atoms with Crippen molar-refractivity contribution in [1.82, 2.24) is 5.43 Å². The molecule has 0 aliphatic rings. The van der Waals surface area contributed by atoms with Crippen molar-refractivity contribution >= 4 is 46.2 Å². The average Bonchev–Trinajstić information content (AvgIpc) is 2.21. The van der Waals surface area contributed by atoms with Crippen LogP contribution in [0.3, 0.4) is 0 Å². The summed E-state index contributed by atoms with van der Waals surface area (Å²) in [5.41, 5.74) is 9.48. The molecule has 3 nitrogen and oxygen atoms in total. The first-order valence-electron chi connectivity index (χ1n) is 5.31. The minimum absolute atomic E-state index is 0.122. The van der Waals surface area contributed by atoms with E-state index in [2.05, 4.69) is 10.5 Å². The van der Waals surface area contributed by atoms with Gasteiger partial charge in [0.2, 0.25) is 0 Å². The molecule has 0 aliphatic heterocycles. The third kappa shape index (κ3) is 4.12. The van der Waals surface area contributed by atoms with Crippen LogP contribution in [0.25, 0.3) is 0 Å². The SMILES string of the molecule is CC(C)(C)/C(=N\NC(N)=S)c1ccc(Cl)c(Cl)c1. The van der Waals surface area contributed by atoms with Crippen LogP contribution in [0.4, 0.5) is 0 Å². The first-order valence-corrected chi connectivity index (χ1v) is 6.47. The van der Waals surface area contributed by atoms with E-state index in [-0.39, 0.29) is 10.5 Å². The normalized spacial score (nSPS) is 12.4. The van der Waals surface area contributed by atoms with E-state index in [1.807, 2.05) is 26.8 Å². The smallest absolute Gasteiger partial charge is 0.184 e. The summed E-state index contributed by atoms with van der Waals surface area (Å²) in [6.45, 7) is 6.11. The van der Waals surface area contributed by atoms with Gasteiger partial charge < -0.3 is 5.73 Å². The molecule has 1 rings (SSSR count). The summed E-state index contributed by atoms with van der Waals surface area (Å²) in [5.74, 6) is 0. The van der Waals surface area contributed by atoms with Crippen LogP contribution < -0.4 is 11.2 Å². The molecule has 1 aromatic rings. The molecule has 98 valence electrons. The molecule has 0 saturated carbocycles. The van der Waals surface area contributed by atoms with Crippen LogP contribution in [-0.2, 0) is 0 Å². The second-order valence-corrected chi connectivity index (χ2v) is 6.07. The van der Waals surface area contributed by atoms with Crippen molar-refractivity contribution in [3.63, 3.8) is 0 Å². The molecule has 0 aromatic heterocycles. The lowest BCUT2D eigenvalue weighted by Gasteiger charge is -2.22. The van der Waals surface area contributed by atoms with Gasteiger partial charge in [0.15, 0.2) is 5.11 Å². The van der Waals surface area contributed by atoms with E-state index in [9.17, 15) is 0 Å². The molecule has 3 N–H and O–H groups in total. The molecule has 0 radical (unpaired) electrons. The summed E-state index contributed by atoms with van der Waals surface area (Å²) in [6, 6.07) is 5.37. The molecule has 0 saturated heterocycles. The molecule has 0 atom stereocenters. The number of nitrogens with two attached hydrogens (primary N) is 1. The lowest BCUT2D eigenvalue weighted by atomic mass is 9.86. The highest BCUT2D eigenvalue weighted by Crippen LogP contribution is 2.27. The summed E-state index contributed by atoms with van der Waals surface area (Å²) in [5, 5.41) is 5.35. The van der Waals surface area contributed by atoms with E-state index in [4.69, 9.17) is 41.2 Å². The molecule has 6 heteroatoms. The number of benzene rings is 1. The number of nitrogens with one attached hydrogen (secondary N) is 1. The van der Waals surface area contributed by atoms with Crippen molar-refractivity contribution in [1.29, 1.82) is 0 Å². The molecule has 0 unspecified atom stereocenters. The molecule has 18 heavy (non-hydrogen) atoms. The van der Waals surface area contributed by atoms with Crippen molar-refractivity contribution in [3.8, 4) is 0 Å². The Bertz CT molecular complexity index is 493. The molecule has 0 spiro atoms. The predicted octanol–water partition coefficient (Wildman–Crippen LogP) is 3.58. The molecule has 0 fully saturated rings. The van der Waals surface area contributed by atoms with E-state index >= 15 is 0 Å². The summed E-state index contributed by atoms with van der Waals surface area (Å²) >= 11 is 16.7. The Kier molecular flexibility index (Phi) is 4.96. The lowest BCUT2D eigenvalue weighted by molar-refractivity contribution is 0.587. The third-order valence-corrected chi connectivity index (χ3v) is 3.01. The third-order valence-electron chi connectivity index (χ3n) is 2.18. The number of hydrogen-bond donors (Lipinski definition) is 2. The maximum Gasteiger partial charge on any atom is 0.184 e. The van der Waals surface area contributed by atoms with Crippen LogP contribution in [-0.4, -0.2) is 10.8 Å². The van der Waals surface area contributed by atoms with Crippen LogP contribution in [0.1, 0.15) is 26.3 Å². The highest BCUT2D eigenvalue weighted by atomic mass is 35.5. The first-order chi connectivity index (χ1) is 8.21. The first kappa shape index (κ1) is 15.2. The van der Waals surface area contributed by atoms with Gasteiger partial charge in [0.1, 0.15) is 0 Å². The zero-order chi connectivity index (χ0) is 13.9. The van der Waals surface area contributed by atoms with E-state index in [1.165, 1.54) is 0 Å². The maximum atomic E-state index is 6.01. The van der Waals surface area contributed by atoms with Crippen molar-refractivity contribution in [3.05, 3.63) is 33.8 Å². The molecular formula is C12H15Cl2N3S. The highest BCUT2D eigenvalue weighted by Gasteiger charge is 2.21. The monoisotopic (exact) mass is 303 g/mol. The van der Waals surface area contributed by atoms with Gasteiger partial charge in [-0.3, -0.25) is 5.43 Å². The molecule has 0 heterocycles. The second-order valence-electron chi connectivity index (χ2n) is 4.82. The van der Waals surface area contributed by atoms with Crippen LogP contribution in [0.2, 0.25) is 10.0 Å². The molecular weight excluding hydrogens is 289 g/mol. The van der Waals surface area contributed by atoms with Crippen molar-refractivity contribution in [2.75, 3.05) is 0 Å². The summed E-state index contributed by atoms with van der Waals surface area (Å²) in [7, 11) is 0. The zero-order valence-electron chi connectivity index (χ0n) is 10.4. The van der Waals surface area contributed by atoms with Gasteiger partial charge in [-0.15, -0.1) is 0 Å². The van der Waals surface area contributed by atoms with Gasteiger partial charge in [0.25, 0.3) is 0 Å². The zero-order valence-corrected chi connectivity index (χ0v) is 12.7. The molecule has 0 amide bonds. The standard InChI is InChI=1S/C12H15Cl2N3S/c1-12(2,3)10(16-17-11(15)18)7-4-5-8(13)9(14)6-7/h4-6H,1-3H3,(H3,15,17,18)/b16-10-. The molecule has 0 aliphatic carbocycles. The Morgan fingerprint density at radius 2 is 1.89 bits per heavy atom. The maximum absolute atomic E-state index is 6.01. The summed E-state index contributed by atoms with van der Waals surface area (Å²) in [4.78, 5) is 0. The van der Waals surface area contributed by atoms with Gasteiger partial charge in [-0.25, -0.2) is 0 Å². The summed E-state index contributed by atoms with van der Waals surface area (Å²) in [6.07, 6.45) is 0. The lowest BCUT2D eigenvalue weighted by Crippen LogP contribution is -2.30. The topological polar surface area (TPSA) is 50.4 Å². The van der Waals surface area contributed by atoms with Gasteiger partial charge in [0.05, 0.1) is 15.8 Å². The number of halogens is 2. The van der Waals surface area contributed by atoms with Crippen molar-refractivity contribution in [2.24, 2.45) is 16.3 Å². The van der Waals surface area contributed by atoms with Gasteiger partial charge >= 0.3 is 0 Å². The fourth-order valence-electron chi connectivity index (χ4n) is 1.42. The van der Waals surface area contributed by atoms with Crippen LogP contribution in [0, 0.1) is 5.41 Å². The van der Waals surface area contributed by atoms with Gasteiger partial charge in [-0.1, -0.05) is 50.0 Å². The van der Waals surface area contributed by atoms with Crippen LogP contribution in [0.15, 0.2) is 23.3 Å². The van der Waals surface area contributed by atoms with E-state index < -0.39 is 0 Å². The Labute approximate surface area is 122 Å². The Balaban J connectivity index is 3.22. The van der Waals surface area contributed by atoms with Crippen LogP contribution >= 0.6 is 35.4 Å². The molecule has 1 aromatic carbocycles. The van der Waals surface area contributed by atoms with Crippen molar-refractivity contribution < 1.29 is 0 Å². The fourth-order valence-corrected chi connectivity index (χ4v) is 1.76. The largest absolute Gasteiger partial charge is 0.375 e. The van der Waals surface area contributed by atoms with Crippen molar-refractivity contribution in [2.45, 2.75) is 20.8 Å². The number of hydrogen-bond acceptors (Lipinski definition) is 2. The molecule has 0 bridgehead atoms. The number of nitrogens with zero attached hydrogens (tertiary/aromatic N) is 1. The highest BCUT2D eigenvalue weighted by molar-refractivity contribution is 7.80. The fraction of sp³-hybridized carbons (Fsp3) is 0.333. The van der Waals surface area contributed by atoms with E-state index in [0.29, 0.717) is 10.0 Å². The summed E-state index contributed by atoms with van der Waals surface area (Å²) < 4.78 is 0. The van der Waals surface area contributed by atoms with Crippen LogP contribution in [0.5, 0.6) is 0 Å². The quantitative estimate of drug-likeness (QED) is 0.499. The minimum Gasteiger partial charge on any atom is -0.375 e. The Morgan fingerprint density at radius 3 is 2.33 bits per heavy atom. The number of hydrazone groups is 1. The number of rotatable bonds is 2. The minimum atomic E-state index is -0.186. The Morgan fingerprint density at radius 1 is 1.28 bits per heavy atom.